The second-order valence-corrected chi connectivity index (χ2v) is 10.2. The zero-order valence-corrected chi connectivity index (χ0v) is 19.0. The Morgan fingerprint density at radius 1 is 1.19 bits per heavy atom. The molecule has 2 fully saturated rings. The highest BCUT2D eigenvalue weighted by Crippen LogP contribution is 2.44. The van der Waals surface area contributed by atoms with E-state index in [0.29, 0.717) is 31.4 Å². The molecule has 168 valence electrons. The largest absolute Gasteiger partial charge is 0.369 e. The molecule has 2 amide bonds. The molecule has 1 aromatic rings. The van der Waals surface area contributed by atoms with Crippen LogP contribution in [0, 0.1) is 11.3 Å². The van der Waals surface area contributed by atoms with Gasteiger partial charge in [-0.25, -0.2) is 4.99 Å². The molecular formula is C25H36N4O2. The van der Waals surface area contributed by atoms with Crippen molar-refractivity contribution < 1.29 is 9.59 Å². The predicted molar refractivity (Wildman–Crippen MR) is 123 cm³/mol. The summed E-state index contributed by atoms with van der Waals surface area (Å²) in [4.78, 5) is 34.5. The van der Waals surface area contributed by atoms with Crippen LogP contribution in [-0.2, 0) is 4.79 Å². The van der Waals surface area contributed by atoms with E-state index in [9.17, 15) is 9.59 Å². The van der Waals surface area contributed by atoms with Crippen molar-refractivity contribution in [1.82, 2.24) is 9.80 Å². The predicted octanol–water partition coefficient (Wildman–Crippen LogP) is 3.81. The van der Waals surface area contributed by atoms with Crippen LogP contribution in [0.3, 0.4) is 0 Å². The number of guanidine groups is 1. The molecule has 6 heteroatoms. The van der Waals surface area contributed by atoms with E-state index in [0.717, 1.165) is 24.8 Å². The van der Waals surface area contributed by atoms with Crippen LogP contribution in [0.5, 0.6) is 0 Å². The fourth-order valence-corrected chi connectivity index (χ4v) is 5.85. The quantitative estimate of drug-likeness (QED) is 0.754. The Morgan fingerprint density at radius 3 is 2.55 bits per heavy atom. The zero-order valence-electron chi connectivity index (χ0n) is 19.0. The highest BCUT2D eigenvalue weighted by atomic mass is 16.2. The Kier molecular flexibility index (Phi) is 6.09. The molecule has 0 unspecified atom stereocenters. The number of hydrogen-bond acceptors (Lipinski definition) is 4. The number of rotatable bonds is 6. The Balaban J connectivity index is 1.49. The van der Waals surface area contributed by atoms with E-state index < -0.39 is 5.54 Å². The van der Waals surface area contributed by atoms with Gasteiger partial charge < -0.3 is 10.6 Å². The molecule has 2 atom stereocenters. The number of benzene rings is 1. The minimum absolute atomic E-state index is 0.0230. The number of nitrogens with two attached hydrogens (primary N) is 1. The van der Waals surface area contributed by atoms with Crippen molar-refractivity contribution in [2.45, 2.75) is 70.3 Å². The van der Waals surface area contributed by atoms with Gasteiger partial charge in [0.2, 0.25) is 0 Å². The molecular weight excluding hydrogens is 388 g/mol. The molecule has 4 rings (SSSR count). The molecule has 3 aliphatic rings. The van der Waals surface area contributed by atoms with Gasteiger partial charge >= 0.3 is 0 Å². The van der Waals surface area contributed by atoms with Crippen molar-refractivity contribution in [2.75, 3.05) is 20.1 Å². The number of amides is 2. The molecule has 0 radical (unpaired) electrons. The molecule has 1 saturated carbocycles. The molecule has 2 heterocycles. The number of likely N-dealkylation sites (tertiary alicyclic amines) is 1. The van der Waals surface area contributed by atoms with E-state index in [1.165, 1.54) is 37.0 Å². The first kappa shape index (κ1) is 21.8. The van der Waals surface area contributed by atoms with Gasteiger partial charge in [0.1, 0.15) is 5.54 Å². The lowest BCUT2D eigenvalue weighted by Gasteiger charge is -2.35. The second-order valence-electron chi connectivity index (χ2n) is 10.2. The second kappa shape index (κ2) is 8.64. The van der Waals surface area contributed by atoms with Gasteiger partial charge in [-0.3, -0.25) is 14.5 Å². The third-order valence-corrected chi connectivity index (χ3v) is 7.65. The smallest absolute Gasteiger partial charge is 0.257 e. The minimum Gasteiger partial charge on any atom is -0.369 e. The average molecular weight is 425 g/mol. The van der Waals surface area contributed by atoms with E-state index in [1.54, 1.807) is 7.05 Å². The number of hydrogen-bond donors (Lipinski definition) is 1. The lowest BCUT2D eigenvalue weighted by atomic mass is 9.72. The summed E-state index contributed by atoms with van der Waals surface area (Å²) < 4.78 is 0. The van der Waals surface area contributed by atoms with Crippen LogP contribution in [0.1, 0.15) is 75.1 Å². The number of likely N-dealkylation sites (N-methyl/N-ethyl adjacent to an activating group) is 1. The van der Waals surface area contributed by atoms with E-state index >= 15 is 0 Å². The fourth-order valence-electron chi connectivity index (χ4n) is 5.85. The summed E-state index contributed by atoms with van der Waals surface area (Å²) in [6.45, 7) is 3.56. The van der Waals surface area contributed by atoms with Crippen molar-refractivity contribution >= 4 is 17.8 Å². The van der Waals surface area contributed by atoms with E-state index in [2.05, 4.69) is 6.92 Å². The Morgan fingerprint density at radius 2 is 1.90 bits per heavy atom. The van der Waals surface area contributed by atoms with Crippen molar-refractivity contribution in [3.63, 3.8) is 0 Å². The molecule has 0 spiro atoms. The van der Waals surface area contributed by atoms with Gasteiger partial charge in [0.25, 0.3) is 11.8 Å². The Labute approximate surface area is 185 Å². The summed E-state index contributed by atoms with van der Waals surface area (Å²) in [5.41, 5.74) is 5.90. The third kappa shape index (κ3) is 4.48. The summed E-state index contributed by atoms with van der Waals surface area (Å²) in [5.74, 6) is 1.11. The number of carbonyl (C=O) groups excluding carboxylic acids is 2. The Bertz CT molecular complexity index is 848. The Hall–Kier alpha value is -2.37. The van der Waals surface area contributed by atoms with Gasteiger partial charge in [-0.15, -0.1) is 0 Å². The van der Waals surface area contributed by atoms with Crippen molar-refractivity contribution in [1.29, 1.82) is 0 Å². The first-order valence-electron chi connectivity index (χ1n) is 11.8. The highest BCUT2D eigenvalue weighted by molar-refractivity contribution is 6.06. The van der Waals surface area contributed by atoms with Crippen LogP contribution in [0.4, 0.5) is 0 Å². The van der Waals surface area contributed by atoms with Gasteiger partial charge in [0.05, 0.1) is 0 Å². The van der Waals surface area contributed by atoms with Gasteiger partial charge in [-0.05, 0) is 49.1 Å². The van der Waals surface area contributed by atoms with Crippen molar-refractivity contribution in [3.05, 3.63) is 35.9 Å². The maximum absolute atomic E-state index is 13.3. The lowest BCUT2D eigenvalue weighted by Crippen LogP contribution is -2.46. The average Bonchev–Trinajstić information content (AvgIpc) is 3.27. The summed E-state index contributed by atoms with van der Waals surface area (Å²) in [7, 11) is 1.73. The number of nitrogens with zero attached hydrogens (tertiary/aromatic N) is 3. The van der Waals surface area contributed by atoms with Crippen LogP contribution in [0.2, 0.25) is 0 Å². The van der Waals surface area contributed by atoms with Crippen LogP contribution < -0.4 is 5.73 Å². The van der Waals surface area contributed by atoms with Crippen LogP contribution in [-0.4, -0.2) is 53.2 Å². The lowest BCUT2D eigenvalue weighted by molar-refractivity contribution is -0.131. The monoisotopic (exact) mass is 424 g/mol. The third-order valence-electron chi connectivity index (χ3n) is 7.65. The van der Waals surface area contributed by atoms with E-state index in [4.69, 9.17) is 10.7 Å². The first-order valence-corrected chi connectivity index (χ1v) is 11.8. The fraction of sp³-hybridized carbons (Fsp3) is 0.640. The van der Waals surface area contributed by atoms with Gasteiger partial charge in [0, 0.05) is 25.7 Å². The first-order chi connectivity index (χ1) is 14.8. The molecule has 6 nitrogen and oxygen atoms in total. The maximum atomic E-state index is 13.3. The van der Waals surface area contributed by atoms with Crippen LogP contribution in [0.25, 0.3) is 0 Å². The van der Waals surface area contributed by atoms with Crippen LogP contribution >= 0.6 is 0 Å². The molecule has 1 aliphatic carbocycles. The van der Waals surface area contributed by atoms with Gasteiger partial charge in [0.15, 0.2) is 5.96 Å². The number of aliphatic imine (C=N–C) groups is 1. The minimum atomic E-state index is -0.781. The molecule has 1 saturated heterocycles. The van der Waals surface area contributed by atoms with E-state index in [-0.39, 0.29) is 17.2 Å². The molecule has 2 N–H and O–H groups in total. The SMILES string of the molecule is CN1C(=O)[C@](CCC2CCCCC2)(C[C@]2(C)CCN(C(=O)c3ccccc3)C2)N=C1N. The molecule has 0 bridgehead atoms. The van der Waals surface area contributed by atoms with Gasteiger partial charge in [-0.1, -0.05) is 57.2 Å². The topological polar surface area (TPSA) is 79.0 Å². The molecule has 31 heavy (non-hydrogen) atoms. The van der Waals surface area contributed by atoms with Crippen molar-refractivity contribution in [2.24, 2.45) is 22.1 Å². The maximum Gasteiger partial charge on any atom is 0.257 e. The number of carbonyl (C=O) groups is 2. The summed E-state index contributed by atoms with van der Waals surface area (Å²) >= 11 is 0. The normalized spacial score (nSPS) is 29.5. The van der Waals surface area contributed by atoms with Gasteiger partial charge in [-0.2, -0.15) is 0 Å². The van der Waals surface area contributed by atoms with Crippen LogP contribution in [0.15, 0.2) is 35.3 Å². The zero-order chi connectivity index (χ0) is 22.1. The standard InChI is InChI=1S/C25H36N4O2/c1-24(15-16-29(18-24)21(30)20-11-7-4-8-12-20)17-25(22(31)28(2)23(26)27-25)14-13-19-9-5-3-6-10-19/h4,7-8,11-12,19H,3,5-6,9-10,13-18H2,1-2H3,(H2,26,27)/t24-,25-/m0/s1. The molecule has 1 aromatic carbocycles. The summed E-state index contributed by atoms with van der Waals surface area (Å²) in [6.07, 6.45) is 9.75. The highest BCUT2D eigenvalue weighted by Gasteiger charge is 2.52. The van der Waals surface area contributed by atoms with Crippen molar-refractivity contribution in [3.8, 4) is 0 Å². The molecule has 2 aliphatic heterocycles. The van der Waals surface area contributed by atoms with E-state index in [1.807, 2.05) is 35.2 Å². The summed E-state index contributed by atoms with van der Waals surface area (Å²) in [6, 6.07) is 9.44. The molecule has 0 aromatic heterocycles. The summed E-state index contributed by atoms with van der Waals surface area (Å²) in [5, 5.41) is 0.